The van der Waals surface area contributed by atoms with Crippen LogP contribution in [0.4, 0.5) is 0 Å². The molecule has 0 saturated carbocycles. The molecule has 1 saturated heterocycles. The van der Waals surface area contributed by atoms with Crippen LogP contribution in [0.25, 0.3) is 0 Å². The lowest BCUT2D eigenvalue weighted by molar-refractivity contribution is -0.121. The van der Waals surface area contributed by atoms with Crippen molar-refractivity contribution in [1.82, 2.24) is 10.3 Å². The Morgan fingerprint density at radius 2 is 2.28 bits per heavy atom. The SMILES string of the molecule is CC(CCC(=O)NN)N1CCSCC1S(C)(=O)=O. The van der Waals surface area contributed by atoms with Crippen LogP contribution < -0.4 is 11.3 Å². The van der Waals surface area contributed by atoms with Gasteiger partial charge in [-0.15, -0.1) is 0 Å². The summed E-state index contributed by atoms with van der Waals surface area (Å²) in [4.78, 5) is 13.1. The molecule has 8 heteroatoms. The number of hydrazine groups is 1. The fraction of sp³-hybridized carbons (Fsp3) is 0.900. The van der Waals surface area contributed by atoms with Crippen LogP contribution in [0.2, 0.25) is 0 Å². The molecule has 1 aliphatic heterocycles. The van der Waals surface area contributed by atoms with Gasteiger partial charge in [-0.3, -0.25) is 15.1 Å². The van der Waals surface area contributed by atoms with Gasteiger partial charge in [0.2, 0.25) is 5.91 Å². The van der Waals surface area contributed by atoms with Crippen LogP contribution in [0.15, 0.2) is 0 Å². The first-order chi connectivity index (χ1) is 8.36. The summed E-state index contributed by atoms with van der Waals surface area (Å²) in [5.74, 6) is 6.34. The van der Waals surface area contributed by atoms with E-state index in [-0.39, 0.29) is 11.9 Å². The molecule has 0 aromatic carbocycles. The van der Waals surface area contributed by atoms with Gasteiger partial charge in [0.1, 0.15) is 5.37 Å². The minimum atomic E-state index is -3.08. The van der Waals surface area contributed by atoms with E-state index in [0.29, 0.717) is 18.6 Å². The predicted octanol–water partition coefficient (Wildman–Crippen LogP) is -0.435. The van der Waals surface area contributed by atoms with E-state index >= 15 is 0 Å². The highest BCUT2D eigenvalue weighted by Gasteiger charge is 2.33. The molecule has 0 aliphatic carbocycles. The lowest BCUT2D eigenvalue weighted by Gasteiger charge is -2.38. The summed E-state index contributed by atoms with van der Waals surface area (Å²) in [6.45, 7) is 2.70. The summed E-state index contributed by atoms with van der Waals surface area (Å²) < 4.78 is 23.5. The molecule has 0 bridgehead atoms. The van der Waals surface area contributed by atoms with Crippen molar-refractivity contribution >= 4 is 27.5 Å². The van der Waals surface area contributed by atoms with Gasteiger partial charge in [-0.05, 0) is 13.3 Å². The van der Waals surface area contributed by atoms with E-state index in [1.165, 1.54) is 6.26 Å². The van der Waals surface area contributed by atoms with Crippen molar-refractivity contribution < 1.29 is 13.2 Å². The van der Waals surface area contributed by atoms with Gasteiger partial charge >= 0.3 is 0 Å². The molecule has 1 aliphatic rings. The molecule has 3 N–H and O–H groups in total. The van der Waals surface area contributed by atoms with Crippen LogP contribution in [0.5, 0.6) is 0 Å². The third-order valence-corrected chi connectivity index (χ3v) is 5.79. The highest BCUT2D eigenvalue weighted by atomic mass is 32.2. The Bertz CT molecular complexity index is 386. The van der Waals surface area contributed by atoms with E-state index in [2.05, 4.69) is 5.43 Å². The zero-order valence-electron chi connectivity index (χ0n) is 10.8. The van der Waals surface area contributed by atoms with E-state index in [1.54, 1.807) is 11.8 Å². The fourth-order valence-electron chi connectivity index (χ4n) is 2.05. The van der Waals surface area contributed by atoms with E-state index in [4.69, 9.17) is 5.84 Å². The molecule has 6 nitrogen and oxygen atoms in total. The number of carbonyl (C=O) groups is 1. The molecule has 2 atom stereocenters. The number of carbonyl (C=O) groups excluding carboxylic acids is 1. The van der Waals surface area contributed by atoms with Crippen LogP contribution in [-0.2, 0) is 14.6 Å². The third-order valence-electron chi connectivity index (χ3n) is 3.13. The minimum absolute atomic E-state index is 0.0583. The lowest BCUT2D eigenvalue weighted by Crippen LogP contribution is -2.51. The smallest absolute Gasteiger partial charge is 0.233 e. The maximum atomic E-state index is 11.7. The summed E-state index contributed by atoms with van der Waals surface area (Å²) in [5.41, 5.74) is 2.08. The van der Waals surface area contributed by atoms with Crippen molar-refractivity contribution in [2.24, 2.45) is 5.84 Å². The molecule has 1 heterocycles. The van der Waals surface area contributed by atoms with Crippen molar-refractivity contribution in [1.29, 1.82) is 0 Å². The van der Waals surface area contributed by atoms with Gasteiger partial charge in [-0.2, -0.15) is 11.8 Å². The first kappa shape index (κ1) is 15.7. The van der Waals surface area contributed by atoms with Crippen molar-refractivity contribution in [2.75, 3.05) is 24.3 Å². The summed E-state index contributed by atoms with van der Waals surface area (Å²) >= 11 is 1.66. The molecule has 1 rings (SSSR count). The molecule has 18 heavy (non-hydrogen) atoms. The summed E-state index contributed by atoms with van der Waals surface area (Å²) in [5, 5.41) is -0.438. The van der Waals surface area contributed by atoms with Gasteiger partial charge in [0.25, 0.3) is 0 Å². The number of nitrogens with one attached hydrogen (secondary N) is 1. The van der Waals surface area contributed by atoms with Gasteiger partial charge in [-0.1, -0.05) is 0 Å². The van der Waals surface area contributed by atoms with Crippen LogP contribution in [0.3, 0.4) is 0 Å². The highest BCUT2D eigenvalue weighted by molar-refractivity contribution is 8.00. The molecule has 1 amide bonds. The largest absolute Gasteiger partial charge is 0.294 e. The molecule has 0 aromatic rings. The van der Waals surface area contributed by atoms with E-state index in [1.807, 2.05) is 11.8 Å². The van der Waals surface area contributed by atoms with Crippen molar-refractivity contribution in [2.45, 2.75) is 31.2 Å². The number of nitrogens with zero attached hydrogens (tertiary/aromatic N) is 1. The number of rotatable bonds is 5. The van der Waals surface area contributed by atoms with Gasteiger partial charge in [0.05, 0.1) is 0 Å². The first-order valence-corrected chi connectivity index (χ1v) is 8.99. The second kappa shape index (κ2) is 6.74. The Morgan fingerprint density at radius 3 is 2.83 bits per heavy atom. The lowest BCUT2D eigenvalue weighted by atomic mass is 10.1. The van der Waals surface area contributed by atoms with Crippen LogP contribution >= 0.6 is 11.8 Å². The number of amides is 1. The first-order valence-electron chi connectivity index (χ1n) is 5.88. The van der Waals surface area contributed by atoms with Crippen molar-refractivity contribution in [3.63, 3.8) is 0 Å². The zero-order chi connectivity index (χ0) is 13.8. The Hall–Kier alpha value is -0.310. The summed E-state index contributed by atoms with van der Waals surface area (Å²) in [6.07, 6.45) is 2.20. The monoisotopic (exact) mass is 295 g/mol. The number of nitrogens with two attached hydrogens (primary N) is 1. The molecule has 1 fully saturated rings. The Labute approximate surface area is 113 Å². The molecular formula is C10H21N3O3S2. The molecule has 0 radical (unpaired) electrons. The van der Waals surface area contributed by atoms with Crippen LogP contribution in [-0.4, -0.2) is 54.9 Å². The molecular weight excluding hydrogens is 274 g/mol. The average molecular weight is 295 g/mol. The van der Waals surface area contributed by atoms with Gasteiger partial charge in [0, 0.05) is 36.8 Å². The normalized spacial score (nSPS) is 23.6. The Morgan fingerprint density at radius 1 is 1.61 bits per heavy atom. The minimum Gasteiger partial charge on any atom is -0.294 e. The van der Waals surface area contributed by atoms with Gasteiger partial charge < -0.3 is 0 Å². The number of hydrogen-bond acceptors (Lipinski definition) is 6. The Kier molecular flexibility index (Phi) is 5.90. The maximum absolute atomic E-state index is 11.7. The number of hydrogen-bond donors (Lipinski definition) is 2. The molecule has 0 spiro atoms. The molecule has 2 unspecified atom stereocenters. The molecule has 0 aromatic heterocycles. The van der Waals surface area contributed by atoms with E-state index in [0.717, 1.165) is 12.3 Å². The number of thioether (sulfide) groups is 1. The second-order valence-electron chi connectivity index (χ2n) is 4.55. The summed E-state index contributed by atoms with van der Waals surface area (Å²) in [6, 6.07) is 0.0583. The molecule has 106 valence electrons. The van der Waals surface area contributed by atoms with Gasteiger partial charge in [-0.25, -0.2) is 14.3 Å². The standard InChI is InChI=1S/C10H21N3O3S2/c1-8(3-4-9(14)12-11)13-5-6-17-7-10(13)18(2,15)16/h8,10H,3-7,11H2,1-2H3,(H,12,14). The Balaban J connectivity index is 2.63. The van der Waals surface area contributed by atoms with Crippen molar-refractivity contribution in [3.05, 3.63) is 0 Å². The van der Waals surface area contributed by atoms with Crippen molar-refractivity contribution in [3.8, 4) is 0 Å². The van der Waals surface area contributed by atoms with Crippen LogP contribution in [0.1, 0.15) is 19.8 Å². The second-order valence-corrected chi connectivity index (χ2v) is 7.91. The van der Waals surface area contributed by atoms with Crippen LogP contribution in [0, 0.1) is 0 Å². The predicted molar refractivity (Wildman–Crippen MR) is 73.7 cm³/mol. The van der Waals surface area contributed by atoms with E-state index < -0.39 is 15.2 Å². The number of sulfone groups is 1. The van der Waals surface area contributed by atoms with Gasteiger partial charge in [0.15, 0.2) is 9.84 Å². The summed E-state index contributed by atoms with van der Waals surface area (Å²) in [7, 11) is -3.08. The topological polar surface area (TPSA) is 92.5 Å². The highest BCUT2D eigenvalue weighted by Crippen LogP contribution is 2.23. The zero-order valence-corrected chi connectivity index (χ0v) is 12.4. The van der Waals surface area contributed by atoms with E-state index in [9.17, 15) is 13.2 Å². The maximum Gasteiger partial charge on any atom is 0.233 e. The quantitative estimate of drug-likeness (QED) is 0.406. The fourth-order valence-corrected chi connectivity index (χ4v) is 5.03. The average Bonchev–Trinajstić information content (AvgIpc) is 2.34. The third kappa shape index (κ3) is 4.42.